The minimum atomic E-state index is -0.602. The van der Waals surface area contributed by atoms with E-state index in [0.29, 0.717) is 25.5 Å². The second kappa shape index (κ2) is 13.0. The fraction of sp³-hybridized carbons (Fsp3) is 0.514. The highest BCUT2D eigenvalue weighted by atomic mass is 32.1. The molecule has 0 aliphatic carbocycles. The lowest BCUT2D eigenvalue weighted by Gasteiger charge is -2.34. The van der Waals surface area contributed by atoms with E-state index in [1.54, 1.807) is 16.2 Å². The molecule has 4 heterocycles. The largest absolute Gasteiger partial charge is 0.460 e. The molecule has 1 saturated heterocycles. The molecule has 0 spiro atoms. The summed E-state index contributed by atoms with van der Waals surface area (Å²) in [7, 11) is 0. The van der Waals surface area contributed by atoms with E-state index in [1.807, 2.05) is 77.3 Å². The van der Waals surface area contributed by atoms with Crippen LogP contribution >= 0.6 is 11.3 Å². The number of thiophene rings is 1. The van der Waals surface area contributed by atoms with Crippen molar-refractivity contribution in [3.63, 3.8) is 0 Å². The van der Waals surface area contributed by atoms with Crippen molar-refractivity contribution < 1.29 is 19.1 Å². The van der Waals surface area contributed by atoms with Crippen molar-refractivity contribution >= 4 is 29.1 Å². The van der Waals surface area contributed by atoms with Gasteiger partial charge in [-0.2, -0.15) is 0 Å². The van der Waals surface area contributed by atoms with Crippen LogP contribution in [0.5, 0.6) is 0 Å². The number of nitrogens with zero attached hydrogens (tertiary/aromatic N) is 6. The monoisotopic (exact) mass is 644 g/mol. The molecule has 2 aromatic heterocycles. The van der Waals surface area contributed by atoms with Gasteiger partial charge in [0.1, 0.15) is 28.1 Å². The topological polar surface area (TPSA) is 102 Å². The number of aromatic nitrogens is 3. The van der Waals surface area contributed by atoms with Gasteiger partial charge in [-0.15, -0.1) is 21.5 Å². The second-order valence-corrected chi connectivity index (χ2v) is 15.0. The van der Waals surface area contributed by atoms with Gasteiger partial charge in [-0.1, -0.05) is 24.0 Å². The number of aliphatic imine (C=N–C) groups is 1. The Morgan fingerprint density at radius 1 is 0.935 bits per heavy atom. The van der Waals surface area contributed by atoms with Crippen molar-refractivity contribution in [2.45, 2.75) is 86.0 Å². The Balaban J connectivity index is 1.35. The van der Waals surface area contributed by atoms with Crippen molar-refractivity contribution in [1.82, 2.24) is 24.6 Å². The van der Waals surface area contributed by atoms with Crippen molar-refractivity contribution in [1.29, 1.82) is 0 Å². The molecule has 2 aliphatic rings. The molecule has 5 rings (SSSR count). The summed E-state index contributed by atoms with van der Waals surface area (Å²) in [5.41, 5.74) is 3.74. The molecule has 2 aliphatic heterocycles. The first-order valence-corrected chi connectivity index (χ1v) is 16.5. The van der Waals surface area contributed by atoms with Gasteiger partial charge in [0.15, 0.2) is 5.82 Å². The number of rotatable bonds is 4. The van der Waals surface area contributed by atoms with E-state index in [9.17, 15) is 9.59 Å². The molecule has 1 aromatic carbocycles. The first kappa shape index (κ1) is 33.4. The highest BCUT2D eigenvalue weighted by Gasteiger charge is 2.33. The van der Waals surface area contributed by atoms with Gasteiger partial charge in [0.2, 0.25) is 0 Å². The Bertz CT molecular complexity index is 1700. The van der Waals surface area contributed by atoms with Crippen LogP contribution in [-0.2, 0) is 14.3 Å². The molecule has 0 bridgehead atoms. The van der Waals surface area contributed by atoms with Gasteiger partial charge >= 0.3 is 12.1 Å². The van der Waals surface area contributed by atoms with Crippen LogP contribution < -0.4 is 0 Å². The zero-order valence-corrected chi connectivity index (χ0v) is 29.2. The number of amides is 1. The van der Waals surface area contributed by atoms with Crippen LogP contribution in [0.2, 0.25) is 0 Å². The highest BCUT2D eigenvalue weighted by molar-refractivity contribution is 7.15. The number of hydrogen-bond donors (Lipinski definition) is 0. The third-order valence-electron chi connectivity index (χ3n) is 7.74. The number of fused-ring (bicyclic) bond motifs is 3. The molecule has 0 saturated carbocycles. The summed E-state index contributed by atoms with van der Waals surface area (Å²) < 4.78 is 13.2. The number of hydrogen-bond acceptors (Lipinski definition) is 9. The molecular formula is C35H44N6O4S. The quantitative estimate of drug-likeness (QED) is 0.262. The molecule has 1 fully saturated rings. The molecule has 1 amide bonds. The van der Waals surface area contributed by atoms with Crippen LogP contribution in [0.4, 0.5) is 4.79 Å². The molecule has 0 N–H and O–H groups in total. The van der Waals surface area contributed by atoms with Gasteiger partial charge < -0.3 is 14.4 Å². The molecule has 0 unspecified atom stereocenters. The Labute approximate surface area is 275 Å². The fourth-order valence-electron chi connectivity index (χ4n) is 5.45. The van der Waals surface area contributed by atoms with Crippen molar-refractivity contribution in [2.75, 3.05) is 32.7 Å². The number of ether oxygens (including phenoxy) is 2. The van der Waals surface area contributed by atoms with E-state index >= 15 is 0 Å². The zero-order valence-electron chi connectivity index (χ0n) is 28.4. The summed E-state index contributed by atoms with van der Waals surface area (Å²) in [4.78, 5) is 35.8. The normalized spacial score (nSPS) is 16.8. The van der Waals surface area contributed by atoms with E-state index in [4.69, 9.17) is 14.5 Å². The van der Waals surface area contributed by atoms with Gasteiger partial charge in [-0.3, -0.25) is 19.3 Å². The number of carbonyl (C=O) groups is 2. The molecule has 46 heavy (non-hydrogen) atoms. The van der Waals surface area contributed by atoms with E-state index in [-0.39, 0.29) is 18.5 Å². The molecule has 10 nitrogen and oxygen atoms in total. The summed E-state index contributed by atoms with van der Waals surface area (Å²) in [5, 5.41) is 9.85. The number of esters is 1. The summed E-state index contributed by atoms with van der Waals surface area (Å²) in [6, 6.07) is 7.56. The van der Waals surface area contributed by atoms with Crippen LogP contribution in [0.3, 0.4) is 0 Å². The van der Waals surface area contributed by atoms with Gasteiger partial charge in [0, 0.05) is 47.7 Å². The first-order valence-electron chi connectivity index (χ1n) is 15.7. The fourth-order valence-corrected chi connectivity index (χ4v) is 6.66. The van der Waals surface area contributed by atoms with E-state index in [0.717, 1.165) is 51.9 Å². The second-order valence-electron chi connectivity index (χ2n) is 13.8. The third-order valence-corrected chi connectivity index (χ3v) is 8.93. The Hall–Kier alpha value is -4.01. The van der Waals surface area contributed by atoms with Crippen LogP contribution in [0, 0.1) is 32.6 Å². The summed E-state index contributed by atoms with van der Waals surface area (Å²) in [5.74, 6) is 7.64. The predicted molar refractivity (Wildman–Crippen MR) is 180 cm³/mol. The van der Waals surface area contributed by atoms with E-state index in [1.165, 1.54) is 4.88 Å². The van der Waals surface area contributed by atoms with Crippen LogP contribution in [0.25, 0.3) is 5.00 Å². The average molecular weight is 645 g/mol. The summed E-state index contributed by atoms with van der Waals surface area (Å²) in [6.07, 6.45) is -0.203. The van der Waals surface area contributed by atoms with Crippen molar-refractivity contribution in [2.24, 2.45) is 4.99 Å². The lowest BCUT2D eigenvalue weighted by molar-refractivity contribution is -0.155. The molecular weight excluding hydrogens is 600 g/mol. The molecule has 3 aromatic rings. The maximum absolute atomic E-state index is 13.0. The Morgan fingerprint density at radius 2 is 1.59 bits per heavy atom. The SMILES string of the molecule is Cc1sc2c(c1C)C(c1ccc(C#CCN3CCN(C(=O)OC(C)(C)C)CC3)cc1)=N[C@@H](CC(=O)OC(C)(C)C)c1nnc(C)n1-2. The van der Waals surface area contributed by atoms with Gasteiger partial charge in [0.05, 0.1) is 18.7 Å². The maximum Gasteiger partial charge on any atom is 0.410 e. The molecule has 244 valence electrons. The average Bonchev–Trinajstić information content (AvgIpc) is 3.44. The van der Waals surface area contributed by atoms with Gasteiger partial charge in [-0.25, -0.2) is 4.79 Å². The molecule has 1 atom stereocenters. The highest BCUT2D eigenvalue weighted by Crippen LogP contribution is 2.39. The Morgan fingerprint density at radius 3 is 2.22 bits per heavy atom. The van der Waals surface area contributed by atoms with E-state index in [2.05, 4.69) is 40.8 Å². The van der Waals surface area contributed by atoms with Gasteiger partial charge in [0.25, 0.3) is 0 Å². The zero-order chi connectivity index (χ0) is 33.4. The minimum Gasteiger partial charge on any atom is -0.460 e. The summed E-state index contributed by atoms with van der Waals surface area (Å²) in [6.45, 7) is 20.8. The molecule has 0 radical (unpaired) electrons. The Kier molecular flexibility index (Phi) is 9.43. The van der Waals surface area contributed by atoms with Crippen LogP contribution in [0.15, 0.2) is 29.3 Å². The first-order chi connectivity index (χ1) is 21.6. The standard InChI is InChI=1S/C35H44N6O4S/c1-22-23(2)46-32-29(22)30(36-27(21-28(42)44-34(4,5)6)31-38-37-24(3)41(31)32)26-14-12-25(13-15-26)11-10-16-39-17-19-40(20-18-39)33(43)45-35(7,8)9/h12-15,27H,16-21H2,1-9H3/t27-/m0/s1. The predicted octanol–water partition coefficient (Wildman–Crippen LogP) is 5.78. The van der Waals surface area contributed by atoms with Gasteiger partial charge in [-0.05, 0) is 80.0 Å². The lowest BCUT2D eigenvalue weighted by atomic mass is 9.98. The van der Waals surface area contributed by atoms with E-state index < -0.39 is 17.2 Å². The smallest absolute Gasteiger partial charge is 0.410 e. The van der Waals surface area contributed by atoms with Crippen LogP contribution in [-0.4, -0.2) is 86.3 Å². The number of piperazine rings is 1. The van der Waals surface area contributed by atoms with Crippen molar-refractivity contribution in [3.05, 3.63) is 63.0 Å². The summed E-state index contributed by atoms with van der Waals surface area (Å²) >= 11 is 1.68. The maximum atomic E-state index is 13.0. The number of aryl methyl sites for hydroxylation is 2. The number of carbonyl (C=O) groups excluding carboxylic acids is 2. The molecule has 11 heteroatoms. The lowest BCUT2D eigenvalue weighted by Crippen LogP contribution is -2.50. The minimum absolute atomic E-state index is 0.0570. The number of benzene rings is 1. The van der Waals surface area contributed by atoms with Crippen molar-refractivity contribution in [3.8, 4) is 16.8 Å². The van der Waals surface area contributed by atoms with Crippen LogP contribution in [0.1, 0.15) is 92.8 Å². The third kappa shape index (κ3) is 7.68.